The molecule has 2 aromatic rings. The van der Waals surface area contributed by atoms with Crippen molar-refractivity contribution < 1.29 is 18.7 Å². The maximum Gasteiger partial charge on any atom is 0.290 e. The van der Waals surface area contributed by atoms with Gasteiger partial charge in [0.05, 0.1) is 13.2 Å². The minimum Gasteiger partial charge on any atom is -0.451 e. The topological polar surface area (TPSA) is 66.2 Å². The molecule has 30 heavy (non-hydrogen) atoms. The number of carbonyl (C=O) groups excluding carboxylic acids is 2. The zero-order chi connectivity index (χ0) is 20.9. The van der Waals surface area contributed by atoms with Gasteiger partial charge in [-0.15, -0.1) is 0 Å². The molecule has 2 fully saturated rings. The van der Waals surface area contributed by atoms with Gasteiger partial charge in [0.2, 0.25) is 5.91 Å². The predicted molar refractivity (Wildman–Crippen MR) is 114 cm³/mol. The van der Waals surface area contributed by atoms with Crippen LogP contribution in [0.1, 0.15) is 41.8 Å². The van der Waals surface area contributed by atoms with Crippen molar-refractivity contribution in [2.75, 3.05) is 52.9 Å². The molecule has 2 aliphatic rings. The molecule has 4 rings (SSSR count). The van der Waals surface area contributed by atoms with Gasteiger partial charge in [0.1, 0.15) is 5.58 Å². The van der Waals surface area contributed by atoms with Crippen LogP contribution in [-0.2, 0) is 16.1 Å². The zero-order valence-corrected chi connectivity index (χ0v) is 17.8. The smallest absolute Gasteiger partial charge is 0.290 e. The van der Waals surface area contributed by atoms with Gasteiger partial charge in [-0.05, 0) is 18.9 Å². The summed E-state index contributed by atoms with van der Waals surface area (Å²) in [6, 6.07) is 7.66. The highest BCUT2D eigenvalue weighted by molar-refractivity contribution is 5.99. The number of benzene rings is 1. The van der Waals surface area contributed by atoms with Gasteiger partial charge in [0.25, 0.3) is 5.91 Å². The van der Waals surface area contributed by atoms with E-state index in [9.17, 15) is 9.59 Å². The van der Waals surface area contributed by atoms with Crippen LogP contribution in [0.4, 0.5) is 0 Å². The minimum absolute atomic E-state index is 0.100. The third-order valence-corrected chi connectivity index (χ3v) is 6.16. The average Bonchev–Trinajstić information content (AvgIpc) is 2.93. The van der Waals surface area contributed by atoms with Crippen molar-refractivity contribution >= 4 is 22.8 Å². The molecule has 7 heteroatoms. The number of nitrogens with zero attached hydrogens (tertiary/aromatic N) is 3. The number of furan rings is 1. The van der Waals surface area contributed by atoms with Crippen LogP contribution < -0.4 is 0 Å². The summed E-state index contributed by atoms with van der Waals surface area (Å²) in [5.41, 5.74) is 1.51. The maximum absolute atomic E-state index is 13.2. The fourth-order valence-electron chi connectivity index (χ4n) is 4.42. The molecule has 162 valence electrons. The first-order chi connectivity index (χ1) is 14.7. The van der Waals surface area contributed by atoms with Crippen molar-refractivity contribution in [1.29, 1.82) is 0 Å². The number of hydrogen-bond donors (Lipinski definition) is 0. The highest BCUT2D eigenvalue weighted by Crippen LogP contribution is 2.28. The number of hydrogen-bond acceptors (Lipinski definition) is 5. The van der Waals surface area contributed by atoms with Gasteiger partial charge in [0, 0.05) is 57.3 Å². The lowest BCUT2D eigenvalue weighted by atomic mass is 10.1. The Balaban J connectivity index is 1.37. The van der Waals surface area contributed by atoms with Crippen molar-refractivity contribution in [3.8, 4) is 0 Å². The molecule has 2 amide bonds. The van der Waals surface area contributed by atoms with Crippen LogP contribution in [0.15, 0.2) is 28.7 Å². The fourth-order valence-corrected chi connectivity index (χ4v) is 4.42. The van der Waals surface area contributed by atoms with Crippen molar-refractivity contribution in [2.24, 2.45) is 0 Å². The molecule has 3 heterocycles. The lowest BCUT2D eigenvalue weighted by molar-refractivity contribution is -0.132. The van der Waals surface area contributed by atoms with E-state index in [1.165, 1.54) is 12.8 Å². The monoisotopic (exact) mass is 413 g/mol. The molecule has 0 N–H and O–H groups in total. The van der Waals surface area contributed by atoms with E-state index >= 15 is 0 Å². The summed E-state index contributed by atoms with van der Waals surface area (Å²) < 4.78 is 11.2. The van der Waals surface area contributed by atoms with Crippen molar-refractivity contribution in [1.82, 2.24) is 14.7 Å². The molecular formula is C23H31N3O4. The van der Waals surface area contributed by atoms with E-state index in [-0.39, 0.29) is 11.8 Å². The minimum atomic E-state index is -0.100. The van der Waals surface area contributed by atoms with Crippen LogP contribution in [0.5, 0.6) is 0 Å². The second-order valence-corrected chi connectivity index (χ2v) is 8.20. The quantitative estimate of drug-likeness (QED) is 0.754. The third kappa shape index (κ3) is 4.52. The molecule has 0 unspecified atom stereocenters. The third-order valence-electron chi connectivity index (χ3n) is 6.16. The van der Waals surface area contributed by atoms with Crippen LogP contribution in [0.2, 0.25) is 0 Å². The Morgan fingerprint density at radius 1 is 0.933 bits per heavy atom. The highest BCUT2D eigenvalue weighted by atomic mass is 16.5. The molecule has 2 saturated heterocycles. The molecule has 7 nitrogen and oxygen atoms in total. The fraction of sp³-hybridized carbons (Fsp3) is 0.565. The van der Waals surface area contributed by atoms with E-state index in [1.807, 2.05) is 34.1 Å². The summed E-state index contributed by atoms with van der Waals surface area (Å²) in [7, 11) is 1.62. The summed E-state index contributed by atoms with van der Waals surface area (Å²) in [5, 5.41) is 0.921. The Bertz CT molecular complexity index is 878. The number of para-hydroxylation sites is 1. The summed E-state index contributed by atoms with van der Waals surface area (Å²) in [6.45, 7) is 5.13. The van der Waals surface area contributed by atoms with Gasteiger partial charge >= 0.3 is 0 Å². The number of likely N-dealkylation sites (tertiary alicyclic amines) is 1. The van der Waals surface area contributed by atoms with Gasteiger partial charge in [-0.2, -0.15) is 0 Å². The second kappa shape index (κ2) is 9.62. The molecule has 1 aromatic heterocycles. The van der Waals surface area contributed by atoms with Crippen LogP contribution >= 0.6 is 0 Å². The average molecular weight is 414 g/mol. The first-order valence-corrected chi connectivity index (χ1v) is 11.0. The van der Waals surface area contributed by atoms with Crippen molar-refractivity contribution in [2.45, 2.75) is 32.3 Å². The SMILES string of the molecule is COCc1c(C(=O)N2CCN(CC(=O)N3CCCCCC3)CC2)oc2ccccc12. The molecule has 0 radical (unpaired) electrons. The van der Waals surface area contributed by atoms with Crippen molar-refractivity contribution in [3.63, 3.8) is 0 Å². The zero-order valence-electron chi connectivity index (χ0n) is 17.8. The molecule has 0 atom stereocenters. The van der Waals surface area contributed by atoms with Gasteiger partial charge in [0.15, 0.2) is 5.76 Å². The molecule has 0 aliphatic carbocycles. The molecule has 0 bridgehead atoms. The molecule has 1 aromatic carbocycles. The van der Waals surface area contributed by atoms with Gasteiger partial charge < -0.3 is 19.0 Å². The largest absolute Gasteiger partial charge is 0.451 e. The highest BCUT2D eigenvalue weighted by Gasteiger charge is 2.29. The molecule has 0 saturated carbocycles. The van der Waals surface area contributed by atoms with Gasteiger partial charge in [-0.25, -0.2) is 0 Å². The molecular weight excluding hydrogens is 382 g/mol. The number of carbonyl (C=O) groups is 2. The first-order valence-electron chi connectivity index (χ1n) is 11.0. The van der Waals surface area contributed by atoms with E-state index < -0.39 is 0 Å². The standard InChI is InChI=1S/C23H31N3O4/c1-29-17-19-18-8-4-5-9-20(18)30-22(19)23(28)26-14-12-24(13-15-26)16-21(27)25-10-6-2-3-7-11-25/h4-5,8-9H,2-3,6-7,10-17H2,1H3. The number of piperazine rings is 1. The Kier molecular flexibility index (Phi) is 6.69. The van der Waals surface area contributed by atoms with Crippen LogP contribution in [0.3, 0.4) is 0 Å². The molecule has 2 aliphatic heterocycles. The van der Waals surface area contributed by atoms with E-state index in [4.69, 9.17) is 9.15 Å². The summed E-state index contributed by atoms with van der Waals surface area (Å²) in [4.78, 5) is 31.8. The number of rotatable bonds is 5. The Morgan fingerprint density at radius 3 is 2.33 bits per heavy atom. The normalized spacial score (nSPS) is 18.6. The number of ether oxygens (including phenoxy) is 1. The Hall–Kier alpha value is -2.38. The number of fused-ring (bicyclic) bond motifs is 1. The Morgan fingerprint density at radius 2 is 1.63 bits per heavy atom. The summed E-state index contributed by atoms with van der Waals surface area (Å²) in [5.74, 6) is 0.486. The van der Waals surface area contributed by atoms with Crippen LogP contribution in [-0.4, -0.2) is 79.4 Å². The maximum atomic E-state index is 13.2. The number of methoxy groups -OCH3 is 1. The van der Waals surface area contributed by atoms with Crippen LogP contribution in [0.25, 0.3) is 11.0 Å². The van der Waals surface area contributed by atoms with E-state index in [0.29, 0.717) is 50.7 Å². The van der Waals surface area contributed by atoms with Crippen LogP contribution in [0, 0.1) is 0 Å². The van der Waals surface area contributed by atoms with Gasteiger partial charge in [-0.3, -0.25) is 14.5 Å². The van der Waals surface area contributed by atoms with E-state index in [0.717, 1.165) is 36.9 Å². The Labute approximate surface area is 177 Å². The molecule has 0 spiro atoms. The van der Waals surface area contributed by atoms with Gasteiger partial charge in [-0.1, -0.05) is 31.0 Å². The first kappa shape index (κ1) is 20.9. The lowest BCUT2D eigenvalue weighted by Gasteiger charge is -2.35. The predicted octanol–water partition coefficient (Wildman–Crippen LogP) is 2.74. The summed E-state index contributed by atoms with van der Waals surface area (Å²) in [6.07, 6.45) is 4.65. The summed E-state index contributed by atoms with van der Waals surface area (Å²) >= 11 is 0. The lowest BCUT2D eigenvalue weighted by Crippen LogP contribution is -2.51. The van der Waals surface area contributed by atoms with E-state index in [1.54, 1.807) is 7.11 Å². The second-order valence-electron chi connectivity index (χ2n) is 8.20. The number of amides is 2. The van der Waals surface area contributed by atoms with E-state index in [2.05, 4.69) is 4.90 Å². The van der Waals surface area contributed by atoms with Crippen molar-refractivity contribution in [3.05, 3.63) is 35.6 Å².